The summed E-state index contributed by atoms with van der Waals surface area (Å²) >= 11 is 0. The van der Waals surface area contributed by atoms with E-state index < -0.39 is 15.8 Å². The minimum atomic E-state index is -3.26. The summed E-state index contributed by atoms with van der Waals surface area (Å²) in [7, 11) is -3.26. The fourth-order valence-corrected chi connectivity index (χ4v) is 2.23. The summed E-state index contributed by atoms with van der Waals surface area (Å²) in [6.45, 7) is 1.33. The third-order valence-corrected chi connectivity index (χ3v) is 3.35. The van der Waals surface area contributed by atoms with Crippen molar-refractivity contribution < 1.29 is 23.1 Å². The molecule has 1 N–H and O–H groups in total. The Morgan fingerprint density at radius 3 is 2.14 bits per heavy atom. The molecule has 14 heavy (non-hydrogen) atoms. The topological polar surface area (TPSA) is 88.5 Å². The largest absolute Gasteiger partial charge is 0.481 e. The highest BCUT2D eigenvalue weighted by atomic mass is 32.2. The second-order valence-corrected chi connectivity index (χ2v) is 5.40. The predicted octanol–water partition coefficient (Wildman–Crippen LogP) is 0.245. The minimum Gasteiger partial charge on any atom is -0.481 e. The Bertz CT molecular complexity index is 304. The number of Topliss-reactive ketones (excluding diaryl/α,β-unsaturated/α-hetero) is 1. The Hall–Kier alpha value is -0.910. The van der Waals surface area contributed by atoms with Gasteiger partial charge in [0, 0.05) is 12.8 Å². The standard InChI is InChI=1S/C8H14O5S/c1-7(9)4-6-14(12,13)5-2-3-8(10)11/h2-6H2,1H3,(H,10,11). The highest BCUT2D eigenvalue weighted by Gasteiger charge is 2.12. The van der Waals surface area contributed by atoms with E-state index in [1.165, 1.54) is 6.92 Å². The van der Waals surface area contributed by atoms with Gasteiger partial charge in [-0.3, -0.25) is 9.59 Å². The molecular formula is C8H14O5S. The van der Waals surface area contributed by atoms with Crippen molar-refractivity contribution in [3.05, 3.63) is 0 Å². The zero-order valence-electron chi connectivity index (χ0n) is 8.02. The first-order valence-electron chi connectivity index (χ1n) is 4.25. The number of hydrogen-bond acceptors (Lipinski definition) is 4. The molecule has 0 fully saturated rings. The fourth-order valence-electron chi connectivity index (χ4n) is 0.845. The third-order valence-electron chi connectivity index (χ3n) is 1.61. The zero-order valence-corrected chi connectivity index (χ0v) is 8.84. The van der Waals surface area contributed by atoms with Gasteiger partial charge in [-0.2, -0.15) is 0 Å². The van der Waals surface area contributed by atoms with Crippen LogP contribution in [0.1, 0.15) is 26.2 Å². The van der Waals surface area contributed by atoms with Crippen LogP contribution in [0, 0.1) is 0 Å². The van der Waals surface area contributed by atoms with Crippen LogP contribution in [0.2, 0.25) is 0 Å². The van der Waals surface area contributed by atoms with E-state index in [1.807, 2.05) is 0 Å². The van der Waals surface area contributed by atoms with Gasteiger partial charge < -0.3 is 5.11 Å². The van der Waals surface area contributed by atoms with Gasteiger partial charge in [0.15, 0.2) is 9.84 Å². The Kier molecular flexibility index (Phi) is 5.37. The summed E-state index contributed by atoms with van der Waals surface area (Å²) < 4.78 is 22.3. The van der Waals surface area contributed by atoms with E-state index in [0.717, 1.165) is 0 Å². The van der Waals surface area contributed by atoms with Crippen molar-refractivity contribution in [3.8, 4) is 0 Å². The van der Waals surface area contributed by atoms with Crippen LogP contribution in [0.3, 0.4) is 0 Å². The van der Waals surface area contributed by atoms with Gasteiger partial charge in [0.2, 0.25) is 0 Å². The Morgan fingerprint density at radius 1 is 1.14 bits per heavy atom. The maximum atomic E-state index is 11.2. The molecule has 0 bridgehead atoms. The molecule has 0 amide bonds. The summed E-state index contributed by atoms with van der Waals surface area (Å²) in [5, 5.41) is 8.28. The molecule has 0 radical (unpaired) electrons. The zero-order chi connectivity index (χ0) is 11.2. The van der Waals surface area contributed by atoms with E-state index in [9.17, 15) is 18.0 Å². The lowest BCUT2D eigenvalue weighted by molar-refractivity contribution is -0.137. The van der Waals surface area contributed by atoms with Crippen molar-refractivity contribution in [2.24, 2.45) is 0 Å². The van der Waals surface area contributed by atoms with Crippen LogP contribution < -0.4 is 0 Å². The molecule has 0 aromatic rings. The van der Waals surface area contributed by atoms with Crippen molar-refractivity contribution >= 4 is 21.6 Å². The summed E-state index contributed by atoms with van der Waals surface area (Å²) in [5.74, 6) is -1.52. The quantitative estimate of drug-likeness (QED) is 0.666. The van der Waals surface area contributed by atoms with Gasteiger partial charge in [-0.25, -0.2) is 8.42 Å². The van der Waals surface area contributed by atoms with Crippen molar-refractivity contribution in [3.63, 3.8) is 0 Å². The molecule has 82 valence electrons. The number of carbonyl (C=O) groups excluding carboxylic acids is 1. The molecule has 0 saturated carbocycles. The number of aliphatic carboxylic acids is 1. The fraction of sp³-hybridized carbons (Fsp3) is 0.750. The van der Waals surface area contributed by atoms with Crippen LogP contribution in [-0.4, -0.2) is 36.8 Å². The number of rotatable bonds is 7. The normalized spacial score (nSPS) is 11.2. The first-order chi connectivity index (χ1) is 6.33. The molecule has 0 rings (SSSR count). The second-order valence-electron chi connectivity index (χ2n) is 3.10. The van der Waals surface area contributed by atoms with Gasteiger partial charge in [0.05, 0.1) is 11.5 Å². The number of hydrogen-bond donors (Lipinski definition) is 1. The number of sulfone groups is 1. The number of carboxylic acids is 1. The van der Waals surface area contributed by atoms with Gasteiger partial charge in [0.1, 0.15) is 5.78 Å². The molecule has 0 aliphatic heterocycles. The predicted molar refractivity (Wildman–Crippen MR) is 50.8 cm³/mol. The van der Waals surface area contributed by atoms with Crippen molar-refractivity contribution in [1.82, 2.24) is 0 Å². The third kappa shape index (κ3) is 7.72. The van der Waals surface area contributed by atoms with E-state index in [-0.39, 0.29) is 36.6 Å². The molecule has 0 aliphatic carbocycles. The Morgan fingerprint density at radius 2 is 1.71 bits per heavy atom. The average Bonchev–Trinajstić information content (AvgIpc) is 2.00. The first kappa shape index (κ1) is 13.1. The molecule has 0 heterocycles. The minimum absolute atomic E-state index is 0.00933. The smallest absolute Gasteiger partial charge is 0.303 e. The number of carbonyl (C=O) groups is 2. The van der Waals surface area contributed by atoms with Crippen LogP contribution in [0.15, 0.2) is 0 Å². The number of carboxylic acid groups (broad SMARTS) is 1. The lowest BCUT2D eigenvalue weighted by Gasteiger charge is -2.00. The SMILES string of the molecule is CC(=O)CCS(=O)(=O)CCCC(=O)O. The molecular weight excluding hydrogens is 208 g/mol. The molecule has 0 aromatic carbocycles. The molecule has 0 aliphatic rings. The van der Waals surface area contributed by atoms with Gasteiger partial charge in [-0.1, -0.05) is 0 Å². The summed E-state index contributed by atoms with van der Waals surface area (Å²) in [4.78, 5) is 20.6. The summed E-state index contributed by atoms with van der Waals surface area (Å²) in [5.41, 5.74) is 0. The Balaban J connectivity index is 3.84. The highest BCUT2D eigenvalue weighted by molar-refractivity contribution is 7.91. The van der Waals surface area contributed by atoms with Crippen molar-refractivity contribution in [2.45, 2.75) is 26.2 Å². The van der Waals surface area contributed by atoms with Gasteiger partial charge in [0.25, 0.3) is 0 Å². The van der Waals surface area contributed by atoms with Gasteiger partial charge >= 0.3 is 5.97 Å². The van der Waals surface area contributed by atoms with Gasteiger partial charge in [-0.05, 0) is 13.3 Å². The lowest BCUT2D eigenvalue weighted by Crippen LogP contribution is -2.14. The van der Waals surface area contributed by atoms with E-state index in [1.54, 1.807) is 0 Å². The van der Waals surface area contributed by atoms with Crippen LogP contribution in [0.4, 0.5) is 0 Å². The van der Waals surface area contributed by atoms with Crippen LogP contribution in [-0.2, 0) is 19.4 Å². The monoisotopic (exact) mass is 222 g/mol. The van der Waals surface area contributed by atoms with Crippen molar-refractivity contribution in [2.75, 3.05) is 11.5 Å². The maximum absolute atomic E-state index is 11.2. The highest BCUT2D eigenvalue weighted by Crippen LogP contribution is 2.00. The summed E-state index contributed by atoms with van der Waals surface area (Å²) in [6, 6.07) is 0. The molecule has 6 heteroatoms. The molecule has 0 atom stereocenters. The lowest BCUT2D eigenvalue weighted by atomic mass is 10.3. The Labute approximate surface area is 83.0 Å². The molecule has 0 unspecified atom stereocenters. The second kappa shape index (κ2) is 5.74. The van der Waals surface area contributed by atoms with E-state index in [4.69, 9.17) is 5.11 Å². The van der Waals surface area contributed by atoms with Crippen molar-refractivity contribution in [1.29, 1.82) is 0 Å². The van der Waals surface area contributed by atoms with Crippen LogP contribution in [0.5, 0.6) is 0 Å². The molecule has 0 spiro atoms. The number of ketones is 1. The van der Waals surface area contributed by atoms with Crippen LogP contribution >= 0.6 is 0 Å². The average molecular weight is 222 g/mol. The molecule has 0 saturated heterocycles. The first-order valence-corrected chi connectivity index (χ1v) is 6.07. The van der Waals surface area contributed by atoms with Crippen LogP contribution in [0.25, 0.3) is 0 Å². The van der Waals surface area contributed by atoms with Gasteiger partial charge in [-0.15, -0.1) is 0 Å². The summed E-state index contributed by atoms with van der Waals surface area (Å²) in [6.07, 6.45) is -0.0374. The van der Waals surface area contributed by atoms with E-state index >= 15 is 0 Å². The van der Waals surface area contributed by atoms with E-state index in [2.05, 4.69) is 0 Å². The maximum Gasteiger partial charge on any atom is 0.303 e. The molecule has 0 aromatic heterocycles. The molecule has 5 nitrogen and oxygen atoms in total. The van der Waals surface area contributed by atoms with E-state index in [0.29, 0.717) is 0 Å².